The molecule has 2 nitrogen and oxygen atoms in total. The molecule has 1 rings (SSSR count). The molecular weight excluding hydrogens is 206 g/mol. The third-order valence-electron chi connectivity index (χ3n) is 3.67. The maximum atomic E-state index is 8.99. The van der Waals surface area contributed by atoms with Crippen LogP contribution in [0.3, 0.4) is 0 Å². The lowest BCUT2D eigenvalue weighted by molar-refractivity contribution is 0.112. The minimum atomic E-state index is 0.274. The van der Waals surface area contributed by atoms with Crippen molar-refractivity contribution >= 4 is 12.6 Å². The van der Waals surface area contributed by atoms with E-state index in [1.165, 1.54) is 32.1 Å². The van der Waals surface area contributed by atoms with Gasteiger partial charge in [-0.1, -0.05) is 26.2 Å². The number of hydrogen-bond acceptors (Lipinski definition) is 3. The summed E-state index contributed by atoms with van der Waals surface area (Å²) in [6, 6.07) is 0. The first-order valence-electron chi connectivity index (χ1n) is 6.20. The minimum Gasteiger partial charge on any atom is -0.395 e. The zero-order valence-electron chi connectivity index (χ0n) is 9.91. The highest BCUT2D eigenvalue weighted by Crippen LogP contribution is 2.37. The van der Waals surface area contributed by atoms with E-state index in [0.717, 1.165) is 25.4 Å². The summed E-state index contributed by atoms with van der Waals surface area (Å²) in [5.41, 5.74) is 0.423. The number of likely N-dealkylation sites (N-methyl/N-ethyl adjacent to an activating group) is 1. The smallest absolute Gasteiger partial charge is 0.0558 e. The van der Waals surface area contributed by atoms with Crippen LogP contribution in [0.15, 0.2) is 0 Å². The molecule has 1 fully saturated rings. The van der Waals surface area contributed by atoms with Crippen molar-refractivity contribution in [1.29, 1.82) is 0 Å². The molecule has 90 valence electrons. The molecule has 0 amide bonds. The largest absolute Gasteiger partial charge is 0.395 e. The number of aliphatic hydroxyl groups excluding tert-OH is 1. The molecular formula is C12H25NOS. The first-order chi connectivity index (χ1) is 7.26. The van der Waals surface area contributed by atoms with Gasteiger partial charge in [0.25, 0.3) is 0 Å². The number of thiol groups is 1. The lowest BCUT2D eigenvalue weighted by Crippen LogP contribution is -2.41. The van der Waals surface area contributed by atoms with E-state index < -0.39 is 0 Å². The van der Waals surface area contributed by atoms with Crippen LogP contribution in [-0.4, -0.2) is 42.0 Å². The van der Waals surface area contributed by atoms with E-state index in [-0.39, 0.29) is 6.61 Å². The number of hydrogen-bond donors (Lipinski definition) is 2. The van der Waals surface area contributed by atoms with E-state index >= 15 is 0 Å². The highest BCUT2D eigenvalue weighted by Gasteiger charge is 2.31. The van der Waals surface area contributed by atoms with Crippen molar-refractivity contribution in [3.63, 3.8) is 0 Å². The molecule has 0 spiro atoms. The van der Waals surface area contributed by atoms with E-state index in [9.17, 15) is 0 Å². The molecule has 0 aromatic heterocycles. The third kappa shape index (κ3) is 3.97. The molecule has 0 saturated heterocycles. The molecule has 3 heteroatoms. The summed E-state index contributed by atoms with van der Waals surface area (Å²) in [7, 11) is 0. The Balaban J connectivity index is 2.49. The van der Waals surface area contributed by atoms with E-state index in [1.807, 2.05) is 0 Å². The van der Waals surface area contributed by atoms with E-state index in [2.05, 4.69) is 24.5 Å². The standard InChI is InChI=1S/C12H25NOS/c1-2-13(8-9-14)10-12(11-15)6-4-3-5-7-12/h14-15H,2-11H2,1H3. The molecule has 1 saturated carbocycles. The van der Waals surface area contributed by atoms with Crippen molar-refractivity contribution in [2.24, 2.45) is 5.41 Å². The third-order valence-corrected chi connectivity index (χ3v) is 4.34. The van der Waals surface area contributed by atoms with Gasteiger partial charge in [-0.3, -0.25) is 0 Å². The molecule has 0 heterocycles. The van der Waals surface area contributed by atoms with Gasteiger partial charge in [0.05, 0.1) is 6.61 Å². The van der Waals surface area contributed by atoms with Gasteiger partial charge in [0, 0.05) is 13.1 Å². The molecule has 1 N–H and O–H groups in total. The van der Waals surface area contributed by atoms with Crippen molar-refractivity contribution < 1.29 is 5.11 Å². The minimum absolute atomic E-state index is 0.274. The fraction of sp³-hybridized carbons (Fsp3) is 1.00. The van der Waals surface area contributed by atoms with Crippen molar-refractivity contribution in [1.82, 2.24) is 4.90 Å². The summed E-state index contributed by atoms with van der Waals surface area (Å²) < 4.78 is 0. The number of nitrogens with zero attached hydrogens (tertiary/aromatic N) is 1. The van der Waals surface area contributed by atoms with Crippen LogP contribution in [0.5, 0.6) is 0 Å². The van der Waals surface area contributed by atoms with Crippen molar-refractivity contribution in [3.05, 3.63) is 0 Å². The van der Waals surface area contributed by atoms with Gasteiger partial charge in [-0.25, -0.2) is 0 Å². The fourth-order valence-corrected chi connectivity index (χ4v) is 3.05. The summed E-state index contributed by atoms with van der Waals surface area (Å²) in [5, 5.41) is 8.99. The summed E-state index contributed by atoms with van der Waals surface area (Å²) in [6.45, 7) is 5.41. The second-order valence-electron chi connectivity index (χ2n) is 4.81. The molecule has 1 aliphatic rings. The maximum Gasteiger partial charge on any atom is 0.0558 e. The Bertz CT molecular complexity index is 169. The van der Waals surface area contributed by atoms with Crippen molar-refractivity contribution in [2.45, 2.75) is 39.0 Å². The zero-order chi connectivity index (χ0) is 11.1. The van der Waals surface area contributed by atoms with Gasteiger partial charge >= 0.3 is 0 Å². The molecule has 0 aromatic rings. The van der Waals surface area contributed by atoms with Crippen LogP contribution in [-0.2, 0) is 0 Å². The van der Waals surface area contributed by atoms with Crippen LogP contribution in [0.1, 0.15) is 39.0 Å². The van der Waals surface area contributed by atoms with Gasteiger partial charge in [-0.2, -0.15) is 12.6 Å². The van der Waals surface area contributed by atoms with Crippen LogP contribution >= 0.6 is 12.6 Å². The molecule has 0 atom stereocenters. The zero-order valence-corrected chi connectivity index (χ0v) is 10.8. The van der Waals surface area contributed by atoms with Gasteiger partial charge in [-0.05, 0) is 30.6 Å². The van der Waals surface area contributed by atoms with Gasteiger partial charge in [0.1, 0.15) is 0 Å². The Morgan fingerprint density at radius 1 is 1.27 bits per heavy atom. The van der Waals surface area contributed by atoms with E-state index in [0.29, 0.717) is 5.41 Å². The van der Waals surface area contributed by atoms with Crippen molar-refractivity contribution in [3.8, 4) is 0 Å². The molecule has 0 radical (unpaired) electrons. The molecule has 0 bridgehead atoms. The molecule has 0 aromatic carbocycles. The second kappa shape index (κ2) is 6.77. The van der Waals surface area contributed by atoms with Crippen LogP contribution in [0, 0.1) is 5.41 Å². The summed E-state index contributed by atoms with van der Waals surface area (Å²) in [5.74, 6) is 0.995. The number of rotatable bonds is 6. The van der Waals surface area contributed by atoms with E-state index in [4.69, 9.17) is 5.11 Å². The highest BCUT2D eigenvalue weighted by molar-refractivity contribution is 7.80. The quantitative estimate of drug-likeness (QED) is 0.685. The first-order valence-corrected chi connectivity index (χ1v) is 6.83. The monoisotopic (exact) mass is 231 g/mol. The number of aliphatic hydroxyl groups is 1. The van der Waals surface area contributed by atoms with Crippen LogP contribution < -0.4 is 0 Å². The average molecular weight is 231 g/mol. The Hall–Kier alpha value is 0.270. The summed E-state index contributed by atoms with van der Waals surface area (Å²) >= 11 is 4.54. The molecule has 0 aliphatic heterocycles. The predicted molar refractivity (Wildman–Crippen MR) is 68.6 cm³/mol. The molecule has 0 unspecified atom stereocenters. The lowest BCUT2D eigenvalue weighted by atomic mass is 9.75. The van der Waals surface area contributed by atoms with Gasteiger partial charge in [0.15, 0.2) is 0 Å². The Labute approximate surface area is 99.5 Å². The molecule has 1 aliphatic carbocycles. The molecule has 15 heavy (non-hydrogen) atoms. The van der Waals surface area contributed by atoms with Crippen molar-refractivity contribution in [2.75, 3.05) is 32.0 Å². The normalized spacial score (nSPS) is 20.8. The predicted octanol–water partition coefficient (Wildman–Crippen LogP) is 2.18. The van der Waals surface area contributed by atoms with Crippen LogP contribution in [0.25, 0.3) is 0 Å². The second-order valence-corrected chi connectivity index (χ2v) is 5.13. The topological polar surface area (TPSA) is 23.5 Å². The lowest BCUT2D eigenvalue weighted by Gasteiger charge is -2.40. The summed E-state index contributed by atoms with van der Waals surface area (Å²) in [4.78, 5) is 2.36. The Morgan fingerprint density at radius 2 is 1.93 bits per heavy atom. The Morgan fingerprint density at radius 3 is 2.40 bits per heavy atom. The highest BCUT2D eigenvalue weighted by atomic mass is 32.1. The first kappa shape index (κ1) is 13.3. The van der Waals surface area contributed by atoms with Crippen LogP contribution in [0.2, 0.25) is 0 Å². The SMILES string of the molecule is CCN(CCO)CC1(CS)CCCCC1. The summed E-state index contributed by atoms with van der Waals surface area (Å²) in [6.07, 6.45) is 6.74. The maximum absolute atomic E-state index is 8.99. The Kier molecular flexibility index (Phi) is 6.02. The fourth-order valence-electron chi connectivity index (χ4n) is 2.63. The average Bonchev–Trinajstić information content (AvgIpc) is 2.30. The van der Waals surface area contributed by atoms with Gasteiger partial charge in [-0.15, -0.1) is 0 Å². The van der Waals surface area contributed by atoms with E-state index in [1.54, 1.807) is 0 Å². The van der Waals surface area contributed by atoms with Gasteiger partial charge in [0.2, 0.25) is 0 Å². The van der Waals surface area contributed by atoms with Gasteiger partial charge < -0.3 is 10.0 Å². The van der Waals surface area contributed by atoms with Crippen LogP contribution in [0.4, 0.5) is 0 Å².